The lowest BCUT2D eigenvalue weighted by Crippen LogP contribution is -2.19. The molecular formula is C30H25N5O3. The number of carbonyl (C=O) groups is 1. The Kier molecular flexibility index (Phi) is 5.61. The van der Waals surface area contributed by atoms with E-state index in [1.165, 1.54) is 0 Å². The van der Waals surface area contributed by atoms with Gasteiger partial charge in [0.1, 0.15) is 18.4 Å². The number of H-pyrrole nitrogens is 1. The van der Waals surface area contributed by atoms with Gasteiger partial charge in [-0.15, -0.1) is 0 Å². The molecule has 1 amide bonds. The lowest BCUT2D eigenvalue weighted by molar-refractivity contribution is -0.116. The fraction of sp³-hybridized carbons (Fsp3) is 0.167. The molecule has 0 unspecified atom stereocenters. The molecule has 0 saturated heterocycles. The molecule has 0 atom stereocenters. The van der Waals surface area contributed by atoms with E-state index in [0.29, 0.717) is 28.6 Å². The van der Waals surface area contributed by atoms with E-state index >= 15 is 0 Å². The molecule has 6 rings (SSSR count). The van der Waals surface area contributed by atoms with Crippen molar-refractivity contribution in [1.82, 2.24) is 14.5 Å². The smallest absolute Gasteiger partial charge is 0.244 e. The van der Waals surface area contributed by atoms with E-state index in [2.05, 4.69) is 28.3 Å². The molecule has 5 aromatic rings. The molecule has 188 valence electrons. The molecule has 0 radical (unpaired) electrons. The van der Waals surface area contributed by atoms with Crippen LogP contribution in [0.5, 0.6) is 11.5 Å². The molecule has 1 aliphatic rings. The number of aromatic amines is 1. The number of nitrogens with one attached hydrogen (secondary N) is 2. The Morgan fingerprint density at radius 2 is 1.89 bits per heavy atom. The largest absolute Gasteiger partial charge is 0.454 e. The van der Waals surface area contributed by atoms with E-state index < -0.39 is 0 Å². The number of rotatable bonds is 5. The number of benzene rings is 3. The molecule has 8 heteroatoms. The minimum Gasteiger partial charge on any atom is -0.454 e. The second-order valence-electron chi connectivity index (χ2n) is 9.43. The third-order valence-corrected chi connectivity index (χ3v) is 7.00. The lowest BCUT2D eigenvalue weighted by atomic mass is 10.1. The molecule has 0 saturated carbocycles. The Hall–Kier alpha value is -5.03. The van der Waals surface area contributed by atoms with Crippen LogP contribution in [0.25, 0.3) is 33.6 Å². The Labute approximate surface area is 219 Å². The van der Waals surface area contributed by atoms with Crippen molar-refractivity contribution in [3.05, 3.63) is 82.8 Å². The average molecular weight is 504 g/mol. The first-order valence-corrected chi connectivity index (χ1v) is 12.3. The van der Waals surface area contributed by atoms with Crippen molar-refractivity contribution in [3.8, 4) is 17.6 Å². The highest BCUT2D eigenvalue weighted by Crippen LogP contribution is 2.34. The average Bonchev–Trinajstić information content (AvgIpc) is 3.60. The number of allylic oxidation sites excluding steroid dienone is 1. The summed E-state index contributed by atoms with van der Waals surface area (Å²) in [7, 11) is 0. The number of fused-ring (bicyclic) bond motifs is 3. The monoisotopic (exact) mass is 503 g/mol. The minimum atomic E-state index is -0.174. The number of nitrogens with zero attached hydrogens (tertiary/aromatic N) is 3. The maximum atomic E-state index is 13.1. The van der Waals surface area contributed by atoms with Crippen LogP contribution in [0.3, 0.4) is 0 Å². The van der Waals surface area contributed by atoms with Crippen molar-refractivity contribution in [2.45, 2.75) is 27.3 Å². The zero-order chi connectivity index (χ0) is 26.4. The highest BCUT2D eigenvalue weighted by molar-refractivity contribution is 6.00. The zero-order valence-electron chi connectivity index (χ0n) is 21.3. The van der Waals surface area contributed by atoms with Gasteiger partial charge in [0.15, 0.2) is 11.5 Å². The van der Waals surface area contributed by atoms with E-state index in [1.807, 2.05) is 60.9 Å². The maximum Gasteiger partial charge on any atom is 0.244 e. The number of nitriles is 1. The fourth-order valence-electron chi connectivity index (χ4n) is 4.86. The van der Waals surface area contributed by atoms with Gasteiger partial charge < -0.3 is 24.3 Å². The van der Waals surface area contributed by atoms with Crippen molar-refractivity contribution in [1.29, 1.82) is 5.26 Å². The molecule has 8 nitrogen and oxygen atoms in total. The van der Waals surface area contributed by atoms with Crippen LogP contribution in [0, 0.1) is 32.1 Å². The van der Waals surface area contributed by atoms with E-state index in [1.54, 1.807) is 18.2 Å². The normalized spacial score (nSPS) is 12.7. The standard InChI is InChI=1S/C30H25N5O3/c1-17-10-24-25(11-18(17)2)34-30(33-24)20(14-31)12-23-19(3)35(26-7-5-4-6-22(23)26)15-29(36)32-21-8-9-27-28(13-21)38-16-37-27/h4-13H,15-16H2,1-3H3,(H,32,36)(H,33,34)/b20-12-. The number of aryl methyl sites for hydroxylation is 2. The molecule has 38 heavy (non-hydrogen) atoms. The summed E-state index contributed by atoms with van der Waals surface area (Å²) in [5.41, 5.74) is 7.74. The molecule has 1 aliphatic heterocycles. The summed E-state index contributed by atoms with van der Waals surface area (Å²) in [4.78, 5) is 21.0. The number of para-hydroxylation sites is 1. The first-order chi connectivity index (χ1) is 18.4. The van der Waals surface area contributed by atoms with Crippen molar-refractivity contribution in [3.63, 3.8) is 0 Å². The van der Waals surface area contributed by atoms with E-state index in [9.17, 15) is 10.1 Å². The minimum absolute atomic E-state index is 0.111. The van der Waals surface area contributed by atoms with Gasteiger partial charge in [-0.1, -0.05) is 18.2 Å². The van der Waals surface area contributed by atoms with Crippen LogP contribution < -0.4 is 14.8 Å². The van der Waals surface area contributed by atoms with Crippen molar-refractivity contribution >= 4 is 45.2 Å². The van der Waals surface area contributed by atoms with Gasteiger partial charge in [0.2, 0.25) is 12.7 Å². The molecule has 0 bridgehead atoms. The molecular weight excluding hydrogens is 478 g/mol. The Bertz CT molecular complexity index is 1780. The van der Waals surface area contributed by atoms with Gasteiger partial charge >= 0.3 is 0 Å². The molecule has 0 fully saturated rings. The van der Waals surface area contributed by atoms with Crippen molar-refractivity contribution in [2.24, 2.45) is 0 Å². The number of ether oxygens (including phenoxy) is 2. The summed E-state index contributed by atoms with van der Waals surface area (Å²) in [5.74, 6) is 1.61. The number of amides is 1. The molecule has 3 aromatic carbocycles. The van der Waals surface area contributed by atoms with Crippen LogP contribution in [0.2, 0.25) is 0 Å². The van der Waals surface area contributed by atoms with Crippen LogP contribution in [0.15, 0.2) is 54.6 Å². The Balaban J connectivity index is 1.35. The van der Waals surface area contributed by atoms with Gasteiger partial charge in [-0.2, -0.15) is 5.26 Å². The quantitative estimate of drug-likeness (QED) is 0.292. The summed E-state index contributed by atoms with van der Waals surface area (Å²) >= 11 is 0. The number of hydrogen-bond acceptors (Lipinski definition) is 5. The summed E-state index contributed by atoms with van der Waals surface area (Å²) in [6.45, 7) is 6.34. The highest BCUT2D eigenvalue weighted by atomic mass is 16.7. The highest BCUT2D eigenvalue weighted by Gasteiger charge is 2.18. The third-order valence-electron chi connectivity index (χ3n) is 7.00. The maximum absolute atomic E-state index is 13.1. The first kappa shape index (κ1) is 23.4. The van der Waals surface area contributed by atoms with Crippen LogP contribution in [-0.4, -0.2) is 27.2 Å². The van der Waals surface area contributed by atoms with Crippen molar-refractivity contribution < 1.29 is 14.3 Å². The van der Waals surface area contributed by atoms with Gasteiger partial charge in [0.25, 0.3) is 0 Å². The third kappa shape index (κ3) is 4.04. The van der Waals surface area contributed by atoms with Crippen LogP contribution in [0.4, 0.5) is 5.69 Å². The SMILES string of the molecule is Cc1cc2nc(/C(C#N)=C\c3c(C)n(CC(=O)Nc4ccc5c(c4)OCO5)c4ccccc34)[nH]c2cc1C. The van der Waals surface area contributed by atoms with Crippen molar-refractivity contribution in [2.75, 3.05) is 12.1 Å². The Morgan fingerprint density at radius 1 is 1.11 bits per heavy atom. The van der Waals surface area contributed by atoms with E-state index in [0.717, 1.165) is 44.3 Å². The molecule has 0 spiro atoms. The van der Waals surface area contributed by atoms with Crippen LogP contribution >= 0.6 is 0 Å². The van der Waals surface area contributed by atoms with Gasteiger partial charge in [0, 0.05) is 33.9 Å². The predicted octanol–water partition coefficient (Wildman–Crippen LogP) is 5.87. The fourth-order valence-corrected chi connectivity index (χ4v) is 4.86. The summed E-state index contributed by atoms with van der Waals surface area (Å²) < 4.78 is 12.7. The Morgan fingerprint density at radius 3 is 2.74 bits per heavy atom. The molecule has 2 aromatic heterocycles. The zero-order valence-corrected chi connectivity index (χ0v) is 21.3. The summed E-state index contributed by atoms with van der Waals surface area (Å²) in [6.07, 6.45) is 1.85. The van der Waals surface area contributed by atoms with Crippen LogP contribution in [-0.2, 0) is 11.3 Å². The van der Waals surface area contributed by atoms with E-state index in [-0.39, 0.29) is 19.2 Å². The summed E-state index contributed by atoms with van der Waals surface area (Å²) in [5, 5.41) is 14.0. The van der Waals surface area contributed by atoms with Gasteiger partial charge in [-0.05, 0) is 68.3 Å². The number of hydrogen-bond donors (Lipinski definition) is 2. The number of carbonyl (C=O) groups excluding carboxylic acids is 1. The van der Waals surface area contributed by atoms with Gasteiger partial charge in [0.05, 0.1) is 16.6 Å². The molecule has 3 heterocycles. The number of imidazole rings is 1. The lowest BCUT2D eigenvalue weighted by Gasteiger charge is -2.10. The van der Waals surface area contributed by atoms with Crippen LogP contribution in [0.1, 0.15) is 28.2 Å². The van der Waals surface area contributed by atoms with E-state index in [4.69, 9.17) is 9.47 Å². The first-order valence-electron chi connectivity index (χ1n) is 12.3. The summed E-state index contributed by atoms with van der Waals surface area (Å²) in [6, 6.07) is 19.6. The van der Waals surface area contributed by atoms with Gasteiger partial charge in [-0.25, -0.2) is 4.98 Å². The predicted molar refractivity (Wildman–Crippen MR) is 147 cm³/mol. The number of anilines is 1. The molecule has 0 aliphatic carbocycles. The molecule has 2 N–H and O–H groups in total. The van der Waals surface area contributed by atoms with Gasteiger partial charge in [-0.3, -0.25) is 4.79 Å². The second-order valence-corrected chi connectivity index (χ2v) is 9.43. The number of aromatic nitrogens is 3. The topological polar surface area (TPSA) is 105 Å². The second kappa shape index (κ2) is 9.12.